The van der Waals surface area contributed by atoms with E-state index in [4.69, 9.17) is 10.8 Å². The number of carboxylic acid groups (broad SMARTS) is 1. The number of rotatable bonds is 7. The quantitative estimate of drug-likeness (QED) is 0.684. The fraction of sp³-hybridized carbons (Fsp3) is 0.688. The SMILES string of the molecule is CCc1nc(N)sc1C(=O)N[C@H]1CN(CCC(=O)O)C[C@@H]1C(C)C. The number of carbonyl (C=O) groups is 2. The number of nitrogen functional groups attached to an aromatic ring is 1. The van der Waals surface area contributed by atoms with Crippen LogP contribution in [0, 0.1) is 11.8 Å². The third kappa shape index (κ3) is 4.45. The smallest absolute Gasteiger partial charge is 0.304 e. The Morgan fingerprint density at radius 1 is 1.46 bits per heavy atom. The summed E-state index contributed by atoms with van der Waals surface area (Å²) in [7, 11) is 0. The monoisotopic (exact) mass is 354 g/mol. The van der Waals surface area contributed by atoms with E-state index in [2.05, 4.69) is 29.0 Å². The molecule has 24 heavy (non-hydrogen) atoms. The molecule has 1 saturated heterocycles. The van der Waals surface area contributed by atoms with Crippen LogP contribution in [0.25, 0.3) is 0 Å². The first-order valence-corrected chi connectivity index (χ1v) is 9.13. The first kappa shape index (κ1) is 18.7. The Morgan fingerprint density at radius 2 is 2.17 bits per heavy atom. The van der Waals surface area contributed by atoms with Crippen LogP contribution in [0.2, 0.25) is 0 Å². The average Bonchev–Trinajstić information content (AvgIpc) is 3.08. The number of nitrogens with two attached hydrogens (primary N) is 1. The molecule has 4 N–H and O–H groups in total. The molecule has 0 aromatic carbocycles. The number of anilines is 1. The topological polar surface area (TPSA) is 109 Å². The predicted octanol–water partition coefficient (Wildman–Crippen LogP) is 1.45. The Bertz CT molecular complexity index is 602. The van der Waals surface area contributed by atoms with Crippen LogP contribution in [0.4, 0.5) is 5.13 Å². The van der Waals surface area contributed by atoms with Crippen molar-refractivity contribution >= 4 is 28.3 Å². The first-order chi connectivity index (χ1) is 11.3. The Kier molecular flexibility index (Phi) is 6.17. The van der Waals surface area contributed by atoms with Crippen LogP contribution in [0.5, 0.6) is 0 Å². The number of aromatic nitrogens is 1. The van der Waals surface area contributed by atoms with Crippen molar-refractivity contribution in [3.63, 3.8) is 0 Å². The summed E-state index contributed by atoms with van der Waals surface area (Å²) in [6.45, 7) is 8.21. The highest BCUT2D eigenvalue weighted by Gasteiger charge is 2.36. The van der Waals surface area contributed by atoms with Crippen molar-refractivity contribution in [3.05, 3.63) is 10.6 Å². The maximum Gasteiger partial charge on any atom is 0.304 e. The van der Waals surface area contributed by atoms with Gasteiger partial charge in [-0.3, -0.25) is 9.59 Å². The molecule has 134 valence electrons. The minimum Gasteiger partial charge on any atom is -0.481 e. The largest absolute Gasteiger partial charge is 0.481 e. The number of carbonyl (C=O) groups excluding carboxylic acids is 1. The summed E-state index contributed by atoms with van der Waals surface area (Å²) in [4.78, 5) is 30.3. The third-order valence-corrected chi connectivity index (χ3v) is 5.44. The lowest BCUT2D eigenvalue weighted by atomic mass is 9.91. The predicted molar refractivity (Wildman–Crippen MR) is 94.2 cm³/mol. The average molecular weight is 354 g/mol. The number of nitrogens with one attached hydrogen (secondary N) is 1. The van der Waals surface area contributed by atoms with Gasteiger partial charge in [-0.25, -0.2) is 4.98 Å². The number of hydrogen-bond donors (Lipinski definition) is 3. The van der Waals surface area contributed by atoms with E-state index in [1.165, 1.54) is 11.3 Å². The zero-order valence-corrected chi connectivity index (χ0v) is 15.2. The van der Waals surface area contributed by atoms with Gasteiger partial charge in [0, 0.05) is 25.7 Å². The molecule has 1 aliphatic heterocycles. The molecule has 1 aliphatic rings. The standard InChI is InChI=1S/C16H26N4O3S/c1-4-11-14(24-16(17)19-11)15(23)18-12-8-20(6-5-13(21)22)7-10(12)9(2)3/h9-10,12H,4-8H2,1-3H3,(H2,17,19)(H,18,23)(H,21,22)/t10-,12+/m1/s1. The van der Waals surface area contributed by atoms with E-state index in [9.17, 15) is 9.59 Å². The van der Waals surface area contributed by atoms with Crippen molar-refractivity contribution in [2.24, 2.45) is 11.8 Å². The fourth-order valence-electron chi connectivity index (χ4n) is 3.20. The molecule has 7 nitrogen and oxygen atoms in total. The summed E-state index contributed by atoms with van der Waals surface area (Å²) >= 11 is 1.22. The van der Waals surface area contributed by atoms with Gasteiger partial charge in [-0.1, -0.05) is 32.1 Å². The molecule has 2 atom stereocenters. The summed E-state index contributed by atoms with van der Waals surface area (Å²) in [5, 5.41) is 12.4. The molecule has 1 fully saturated rings. The summed E-state index contributed by atoms with van der Waals surface area (Å²) < 4.78 is 0. The number of likely N-dealkylation sites (tertiary alicyclic amines) is 1. The molecule has 8 heteroatoms. The fourth-order valence-corrected chi connectivity index (χ4v) is 4.02. The van der Waals surface area contributed by atoms with Gasteiger partial charge in [-0.15, -0.1) is 0 Å². The molecular weight excluding hydrogens is 328 g/mol. The van der Waals surface area contributed by atoms with E-state index in [0.29, 0.717) is 41.4 Å². The van der Waals surface area contributed by atoms with Gasteiger partial charge in [0.25, 0.3) is 5.91 Å². The lowest BCUT2D eigenvalue weighted by Crippen LogP contribution is -2.42. The molecule has 1 aromatic rings. The van der Waals surface area contributed by atoms with Gasteiger partial charge in [0.1, 0.15) is 4.88 Å². The molecule has 1 aromatic heterocycles. The number of nitrogens with zero attached hydrogens (tertiary/aromatic N) is 2. The third-order valence-electron chi connectivity index (χ3n) is 4.51. The Morgan fingerprint density at radius 3 is 2.75 bits per heavy atom. The van der Waals surface area contributed by atoms with Gasteiger partial charge in [-0.2, -0.15) is 0 Å². The minimum absolute atomic E-state index is 0.0133. The summed E-state index contributed by atoms with van der Waals surface area (Å²) in [6.07, 6.45) is 0.788. The highest BCUT2D eigenvalue weighted by Crippen LogP contribution is 2.26. The number of aryl methyl sites for hydroxylation is 1. The van der Waals surface area contributed by atoms with Crippen LogP contribution < -0.4 is 11.1 Å². The second-order valence-electron chi connectivity index (χ2n) is 6.57. The van der Waals surface area contributed by atoms with Crippen LogP contribution in [-0.2, 0) is 11.2 Å². The molecule has 0 saturated carbocycles. The number of aliphatic carboxylic acids is 1. The van der Waals surface area contributed by atoms with E-state index < -0.39 is 5.97 Å². The summed E-state index contributed by atoms with van der Waals surface area (Å²) in [6, 6.07) is 0.0133. The minimum atomic E-state index is -0.795. The number of thiazole rings is 1. The lowest BCUT2D eigenvalue weighted by molar-refractivity contribution is -0.137. The summed E-state index contributed by atoms with van der Waals surface area (Å²) in [5.41, 5.74) is 6.46. The van der Waals surface area contributed by atoms with Gasteiger partial charge in [-0.05, 0) is 18.3 Å². The molecule has 0 spiro atoms. The Balaban J connectivity index is 2.05. The zero-order valence-electron chi connectivity index (χ0n) is 14.4. The molecule has 2 heterocycles. The highest BCUT2D eigenvalue weighted by atomic mass is 32.1. The Labute approximate surface area is 146 Å². The van der Waals surface area contributed by atoms with Crippen molar-refractivity contribution in [2.75, 3.05) is 25.4 Å². The molecule has 0 radical (unpaired) electrons. The van der Waals surface area contributed by atoms with Crippen molar-refractivity contribution < 1.29 is 14.7 Å². The lowest BCUT2D eigenvalue weighted by Gasteiger charge is -2.22. The van der Waals surface area contributed by atoms with E-state index in [1.54, 1.807) is 0 Å². The van der Waals surface area contributed by atoms with Gasteiger partial charge in [0.15, 0.2) is 5.13 Å². The maximum atomic E-state index is 12.6. The van der Waals surface area contributed by atoms with Crippen molar-refractivity contribution in [2.45, 2.75) is 39.7 Å². The van der Waals surface area contributed by atoms with Crippen LogP contribution >= 0.6 is 11.3 Å². The normalized spacial score (nSPS) is 21.3. The number of carboxylic acids is 1. The Hall–Kier alpha value is -1.67. The van der Waals surface area contributed by atoms with E-state index in [-0.39, 0.29) is 18.4 Å². The molecule has 2 rings (SSSR count). The second kappa shape index (κ2) is 7.94. The van der Waals surface area contributed by atoms with Crippen LogP contribution in [-0.4, -0.2) is 52.5 Å². The molecule has 0 aliphatic carbocycles. The second-order valence-corrected chi connectivity index (χ2v) is 7.60. The van der Waals surface area contributed by atoms with Crippen molar-refractivity contribution in [1.29, 1.82) is 0 Å². The summed E-state index contributed by atoms with van der Waals surface area (Å²) in [5.74, 6) is -0.214. The number of hydrogen-bond acceptors (Lipinski definition) is 6. The number of amides is 1. The van der Waals surface area contributed by atoms with Crippen molar-refractivity contribution in [1.82, 2.24) is 15.2 Å². The molecule has 1 amide bonds. The van der Waals surface area contributed by atoms with E-state index in [0.717, 1.165) is 12.2 Å². The highest BCUT2D eigenvalue weighted by molar-refractivity contribution is 7.17. The maximum absolute atomic E-state index is 12.6. The van der Waals surface area contributed by atoms with Gasteiger partial charge >= 0.3 is 5.97 Å². The van der Waals surface area contributed by atoms with Crippen molar-refractivity contribution in [3.8, 4) is 0 Å². The van der Waals surface area contributed by atoms with E-state index >= 15 is 0 Å². The first-order valence-electron chi connectivity index (χ1n) is 8.32. The molecule has 0 bridgehead atoms. The molecule has 0 unspecified atom stereocenters. The van der Waals surface area contributed by atoms with Crippen LogP contribution in [0.15, 0.2) is 0 Å². The van der Waals surface area contributed by atoms with Gasteiger partial charge < -0.3 is 21.1 Å². The van der Waals surface area contributed by atoms with Crippen LogP contribution in [0.3, 0.4) is 0 Å². The van der Waals surface area contributed by atoms with Gasteiger partial charge in [0.2, 0.25) is 0 Å². The zero-order chi connectivity index (χ0) is 17.9. The van der Waals surface area contributed by atoms with Gasteiger partial charge in [0.05, 0.1) is 12.1 Å². The van der Waals surface area contributed by atoms with E-state index in [1.807, 2.05) is 6.92 Å². The van der Waals surface area contributed by atoms with Crippen LogP contribution in [0.1, 0.15) is 42.6 Å². The molecular formula is C16H26N4O3S.